The Labute approximate surface area is 235 Å². The maximum Gasteiger partial charge on any atom is 0.416 e. The molecule has 0 spiro atoms. The van der Waals surface area contributed by atoms with Crippen molar-refractivity contribution in [3.05, 3.63) is 65.0 Å². The molecule has 0 unspecified atom stereocenters. The van der Waals surface area contributed by atoms with Crippen LogP contribution in [-0.2, 0) is 20.4 Å². The monoisotopic (exact) mass is 575 g/mol. The summed E-state index contributed by atoms with van der Waals surface area (Å²) in [5.74, 6) is -0.0341. The number of anilines is 2. The van der Waals surface area contributed by atoms with Gasteiger partial charge >= 0.3 is 12.2 Å². The first-order valence-electron chi connectivity index (χ1n) is 12.8. The van der Waals surface area contributed by atoms with E-state index in [1.807, 2.05) is 19.0 Å². The van der Waals surface area contributed by atoms with Gasteiger partial charge in [0.1, 0.15) is 12.4 Å². The van der Waals surface area contributed by atoms with Gasteiger partial charge in [-0.25, -0.2) is 14.8 Å². The summed E-state index contributed by atoms with van der Waals surface area (Å²) in [5, 5.41) is 4.88. The normalized spacial score (nSPS) is 13.5. The number of aryl methyl sites for hydroxylation is 1. The SMILES string of the molecule is COCCOC1=CC(=O)CC=C1c1ncc(NC(=O)Nc2cc(C(=O)CCCN(C)C)cc(C(F)(F)F)c2)c(C)n1. The summed E-state index contributed by atoms with van der Waals surface area (Å²) in [6, 6.07) is 1.91. The van der Waals surface area contributed by atoms with E-state index in [-0.39, 0.29) is 48.0 Å². The van der Waals surface area contributed by atoms with Gasteiger partial charge in [0.05, 0.1) is 35.3 Å². The summed E-state index contributed by atoms with van der Waals surface area (Å²) < 4.78 is 51.2. The molecule has 0 atom stereocenters. The first-order chi connectivity index (χ1) is 19.4. The van der Waals surface area contributed by atoms with Gasteiger partial charge in [0.25, 0.3) is 0 Å². The number of nitrogens with one attached hydrogen (secondary N) is 2. The molecule has 41 heavy (non-hydrogen) atoms. The van der Waals surface area contributed by atoms with Gasteiger partial charge in [0, 0.05) is 37.3 Å². The third-order valence-electron chi connectivity index (χ3n) is 5.93. The van der Waals surface area contributed by atoms with E-state index in [2.05, 4.69) is 20.6 Å². The third-order valence-corrected chi connectivity index (χ3v) is 5.93. The van der Waals surface area contributed by atoms with Crippen molar-refractivity contribution in [2.45, 2.75) is 32.4 Å². The maximum absolute atomic E-state index is 13.5. The van der Waals surface area contributed by atoms with E-state index in [0.29, 0.717) is 36.6 Å². The van der Waals surface area contributed by atoms with Crippen LogP contribution < -0.4 is 10.6 Å². The van der Waals surface area contributed by atoms with Crippen LogP contribution in [0.15, 0.2) is 42.3 Å². The number of allylic oxidation sites excluding steroid dienone is 3. The minimum Gasteiger partial charge on any atom is -0.490 e. The summed E-state index contributed by atoms with van der Waals surface area (Å²) in [4.78, 5) is 47.7. The fraction of sp³-hybridized carbons (Fsp3) is 0.393. The molecule has 10 nitrogen and oxygen atoms in total. The first-order valence-corrected chi connectivity index (χ1v) is 12.8. The molecule has 1 aliphatic rings. The van der Waals surface area contributed by atoms with Crippen LogP contribution in [0.4, 0.5) is 29.3 Å². The largest absolute Gasteiger partial charge is 0.490 e. The predicted molar refractivity (Wildman–Crippen MR) is 146 cm³/mol. The molecule has 220 valence electrons. The number of rotatable bonds is 12. The molecule has 2 amide bonds. The van der Waals surface area contributed by atoms with Crippen molar-refractivity contribution in [1.29, 1.82) is 0 Å². The van der Waals surface area contributed by atoms with Crippen LogP contribution in [0, 0.1) is 6.92 Å². The number of carbonyl (C=O) groups is 3. The number of methoxy groups -OCH3 is 1. The molecule has 0 radical (unpaired) electrons. The number of alkyl halides is 3. The number of urea groups is 1. The average molecular weight is 576 g/mol. The van der Waals surface area contributed by atoms with Gasteiger partial charge in [-0.1, -0.05) is 6.08 Å². The molecule has 1 aliphatic carbocycles. The number of hydrogen-bond donors (Lipinski definition) is 2. The Bertz CT molecular complexity index is 1360. The van der Waals surface area contributed by atoms with Crippen molar-refractivity contribution in [3.8, 4) is 0 Å². The molecule has 0 saturated carbocycles. The van der Waals surface area contributed by atoms with E-state index in [9.17, 15) is 27.6 Å². The third kappa shape index (κ3) is 9.22. The van der Waals surface area contributed by atoms with E-state index < -0.39 is 23.6 Å². The molecular weight excluding hydrogens is 543 g/mol. The molecule has 13 heteroatoms. The average Bonchev–Trinajstić information content (AvgIpc) is 2.89. The molecule has 3 rings (SSSR count). The first kappa shape index (κ1) is 31.4. The van der Waals surface area contributed by atoms with E-state index in [0.717, 1.165) is 12.1 Å². The Balaban J connectivity index is 1.75. The molecule has 0 bridgehead atoms. The highest BCUT2D eigenvalue weighted by Gasteiger charge is 2.32. The lowest BCUT2D eigenvalue weighted by molar-refractivity contribution is -0.137. The maximum atomic E-state index is 13.5. The van der Waals surface area contributed by atoms with E-state index in [1.54, 1.807) is 13.0 Å². The van der Waals surface area contributed by atoms with Gasteiger partial charge in [0.2, 0.25) is 0 Å². The molecule has 2 aromatic rings. The summed E-state index contributed by atoms with van der Waals surface area (Å²) in [7, 11) is 5.19. The summed E-state index contributed by atoms with van der Waals surface area (Å²) >= 11 is 0. The van der Waals surface area contributed by atoms with E-state index in [4.69, 9.17) is 9.47 Å². The van der Waals surface area contributed by atoms with Crippen molar-refractivity contribution in [2.24, 2.45) is 0 Å². The molecule has 0 saturated heterocycles. The van der Waals surface area contributed by atoms with E-state index >= 15 is 0 Å². The highest BCUT2D eigenvalue weighted by Crippen LogP contribution is 2.33. The van der Waals surface area contributed by atoms with Crippen molar-refractivity contribution < 1.29 is 37.0 Å². The number of carbonyl (C=O) groups excluding carboxylic acids is 3. The number of ether oxygens (including phenoxy) is 2. The highest BCUT2D eigenvalue weighted by atomic mass is 19.4. The van der Waals surface area contributed by atoms with Crippen molar-refractivity contribution >= 4 is 34.5 Å². The lowest BCUT2D eigenvalue weighted by atomic mass is 10.0. The quantitative estimate of drug-likeness (QED) is 0.271. The number of Topliss-reactive ketones (excluding diaryl/α,β-unsaturated/α-hetero) is 1. The summed E-state index contributed by atoms with van der Waals surface area (Å²) in [5.41, 5.74) is -0.314. The standard InChI is InChI=1S/C28H32F3N5O5/c1-17-23(16-32-26(33-17)22-8-7-21(37)15-25(22)41-11-10-40-4)35-27(39)34-20-13-18(12-19(14-20)28(29,30)31)24(38)6-5-9-36(2)3/h8,12-16H,5-7,9-11H2,1-4H3,(H2,34,35,39). The van der Waals surface area contributed by atoms with Gasteiger partial charge < -0.3 is 25.0 Å². The second-order valence-electron chi connectivity index (χ2n) is 9.54. The van der Waals surface area contributed by atoms with Crippen LogP contribution in [0.2, 0.25) is 0 Å². The number of aromatic nitrogens is 2. The van der Waals surface area contributed by atoms with Crippen LogP contribution in [0.3, 0.4) is 0 Å². The van der Waals surface area contributed by atoms with Crippen molar-refractivity contribution in [1.82, 2.24) is 14.9 Å². The van der Waals surface area contributed by atoms with Crippen LogP contribution in [0.25, 0.3) is 5.57 Å². The predicted octanol–water partition coefficient (Wildman–Crippen LogP) is 4.88. The van der Waals surface area contributed by atoms with E-state index in [1.165, 1.54) is 25.4 Å². The molecule has 0 aliphatic heterocycles. The molecule has 0 fully saturated rings. The fourth-order valence-corrected chi connectivity index (χ4v) is 3.87. The Hall–Kier alpha value is -4.10. The Morgan fingerprint density at radius 1 is 1.12 bits per heavy atom. The lowest BCUT2D eigenvalue weighted by Gasteiger charge is -2.17. The van der Waals surface area contributed by atoms with Gasteiger partial charge in [-0.3, -0.25) is 9.59 Å². The number of nitrogens with zero attached hydrogens (tertiary/aromatic N) is 3. The van der Waals surface area contributed by atoms with Crippen LogP contribution in [0.5, 0.6) is 0 Å². The topological polar surface area (TPSA) is 123 Å². The number of hydrogen-bond acceptors (Lipinski definition) is 8. The van der Waals surface area contributed by atoms with Crippen LogP contribution >= 0.6 is 0 Å². The molecule has 1 aromatic heterocycles. The Kier molecular flexibility index (Phi) is 10.7. The minimum absolute atomic E-state index is 0.0624. The number of amides is 2. The van der Waals surface area contributed by atoms with Gasteiger partial charge in [0.15, 0.2) is 17.4 Å². The zero-order valence-corrected chi connectivity index (χ0v) is 23.2. The number of halogens is 3. The molecule has 1 aromatic carbocycles. The fourth-order valence-electron chi connectivity index (χ4n) is 3.87. The Morgan fingerprint density at radius 2 is 1.88 bits per heavy atom. The second kappa shape index (κ2) is 14.0. The summed E-state index contributed by atoms with van der Waals surface area (Å²) in [6.45, 7) is 2.74. The van der Waals surface area contributed by atoms with Gasteiger partial charge in [-0.2, -0.15) is 13.2 Å². The van der Waals surface area contributed by atoms with Crippen LogP contribution in [-0.4, -0.2) is 73.4 Å². The minimum atomic E-state index is -4.72. The smallest absolute Gasteiger partial charge is 0.416 e. The molecule has 2 N–H and O–H groups in total. The lowest BCUT2D eigenvalue weighted by Crippen LogP contribution is -2.21. The zero-order chi connectivity index (χ0) is 30.2. The summed E-state index contributed by atoms with van der Waals surface area (Å²) in [6.07, 6.45) is 0.316. The van der Waals surface area contributed by atoms with Gasteiger partial charge in [-0.05, 0) is 52.2 Å². The van der Waals surface area contributed by atoms with Crippen molar-refractivity contribution in [2.75, 3.05) is 51.6 Å². The zero-order valence-electron chi connectivity index (χ0n) is 23.2. The number of ketones is 2. The number of benzene rings is 1. The highest BCUT2D eigenvalue weighted by molar-refractivity contribution is 6.02. The second-order valence-corrected chi connectivity index (χ2v) is 9.54. The van der Waals surface area contributed by atoms with Gasteiger partial charge in [-0.15, -0.1) is 0 Å². The van der Waals surface area contributed by atoms with Crippen LogP contribution in [0.1, 0.15) is 46.7 Å². The van der Waals surface area contributed by atoms with Crippen molar-refractivity contribution in [3.63, 3.8) is 0 Å². The molecule has 1 heterocycles. The Morgan fingerprint density at radius 3 is 2.54 bits per heavy atom. The molecular formula is C28H32F3N5O5.